The maximum atomic E-state index is 13.3. The van der Waals surface area contributed by atoms with E-state index >= 15 is 0 Å². The van der Waals surface area contributed by atoms with Crippen LogP contribution in [0.5, 0.6) is 5.75 Å². The van der Waals surface area contributed by atoms with Gasteiger partial charge in [0.1, 0.15) is 11.5 Å². The third-order valence-electron chi connectivity index (χ3n) is 3.27. The molecule has 0 aliphatic rings. The van der Waals surface area contributed by atoms with Crippen LogP contribution in [-0.2, 0) is 4.79 Å². The predicted octanol–water partition coefficient (Wildman–Crippen LogP) is 4.12. The highest BCUT2D eigenvalue weighted by Gasteiger charge is 2.22. The van der Waals surface area contributed by atoms with Crippen molar-refractivity contribution in [3.63, 3.8) is 0 Å². The van der Waals surface area contributed by atoms with Crippen molar-refractivity contribution in [3.8, 4) is 5.75 Å². The normalized spacial score (nSPS) is 10.7. The van der Waals surface area contributed by atoms with Gasteiger partial charge in [-0.1, -0.05) is 23.7 Å². The minimum atomic E-state index is -0.561. The minimum absolute atomic E-state index is 0.0723. The Morgan fingerprint density at radius 1 is 1.17 bits per heavy atom. The number of hydrogen-bond acceptors (Lipinski definition) is 3. The molecule has 2 aromatic carbocycles. The summed E-state index contributed by atoms with van der Waals surface area (Å²) >= 11 is 5.94. The van der Waals surface area contributed by atoms with Gasteiger partial charge < -0.3 is 9.72 Å². The fourth-order valence-corrected chi connectivity index (χ4v) is 2.50. The van der Waals surface area contributed by atoms with E-state index in [0.717, 1.165) is 6.07 Å². The van der Waals surface area contributed by atoms with E-state index in [1.165, 1.54) is 25.1 Å². The lowest BCUT2D eigenvalue weighted by Gasteiger charge is -2.04. The van der Waals surface area contributed by atoms with E-state index in [-0.39, 0.29) is 17.0 Å². The van der Waals surface area contributed by atoms with E-state index in [9.17, 15) is 14.0 Å². The molecule has 0 atom stereocenters. The van der Waals surface area contributed by atoms with Gasteiger partial charge in [0.05, 0.1) is 5.52 Å². The molecule has 0 aliphatic heterocycles. The zero-order valence-corrected chi connectivity index (χ0v) is 12.8. The number of carbonyl (C=O) groups excluding carboxylic acids is 2. The highest BCUT2D eigenvalue weighted by molar-refractivity contribution is 6.31. The van der Waals surface area contributed by atoms with Crippen molar-refractivity contribution >= 4 is 34.3 Å². The molecule has 3 aromatic rings. The van der Waals surface area contributed by atoms with Gasteiger partial charge >= 0.3 is 5.97 Å². The number of ketones is 1. The fraction of sp³-hybridized carbons (Fsp3) is 0.0588. The number of H-pyrrole nitrogens is 1. The molecule has 0 unspecified atom stereocenters. The van der Waals surface area contributed by atoms with Crippen LogP contribution in [0.15, 0.2) is 42.5 Å². The van der Waals surface area contributed by atoms with E-state index in [4.69, 9.17) is 16.3 Å². The van der Waals surface area contributed by atoms with Gasteiger partial charge in [-0.05, 0) is 30.3 Å². The number of hydrogen-bond donors (Lipinski definition) is 1. The summed E-state index contributed by atoms with van der Waals surface area (Å²) in [6.45, 7) is 1.24. The molecule has 1 heterocycles. The Bertz CT molecular complexity index is 933. The molecule has 0 bridgehead atoms. The van der Waals surface area contributed by atoms with Gasteiger partial charge in [-0.25, -0.2) is 4.39 Å². The molecule has 1 N–H and O–H groups in total. The van der Waals surface area contributed by atoms with Gasteiger partial charge in [0.15, 0.2) is 5.75 Å². The molecule has 0 amide bonds. The summed E-state index contributed by atoms with van der Waals surface area (Å²) in [5, 5.41) is 1.02. The number of aromatic nitrogens is 1. The molecule has 0 aliphatic carbocycles. The number of ether oxygens (including phenoxy) is 1. The first-order valence-corrected chi connectivity index (χ1v) is 7.13. The quantitative estimate of drug-likeness (QED) is 0.580. The van der Waals surface area contributed by atoms with Gasteiger partial charge in [-0.3, -0.25) is 9.59 Å². The first-order valence-electron chi connectivity index (χ1n) is 6.75. The Morgan fingerprint density at radius 3 is 2.65 bits per heavy atom. The predicted molar refractivity (Wildman–Crippen MR) is 84.5 cm³/mol. The first kappa shape index (κ1) is 15.2. The third-order valence-corrected chi connectivity index (χ3v) is 3.51. The second-order valence-electron chi connectivity index (χ2n) is 4.95. The summed E-state index contributed by atoms with van der Waals surface area (Å²) in [5.74, 6) is -1.45. The second-order valence-corrected chi connectivity index (χ2v) is 5.39. The smallest absolute Gasteiger partial charge is 0.308 e. The average Bonchev–Trinajstić information content (AvgIpc) is 2.83. The summed E-state index contributed by atoms with van der Waals surface area (Å²) in [6.07, 6.45) is 0. The third kappa shape index (κ3) is 2.96. The number of rotatable bonds is 3. The second kappa shape index (κ2) is 5.85. The molecule has 0 radical (unpaired) electrons. The lowest BCUT2D eigenvalue weighted by molar-refractivity contribution is -0.131. The van der Waals surface area contributed by atoms with Gasteiger partial charge in [0.25, 0.3) is 0 Å². The van der Waals surface area contributed by atoms with Crippen LogP contribution in [0, 0.1) is 5.82 Å². The molecule has 0 saturated carbocycles. The van der Waals surface area contributed by atoms with Gasteiger partial charge in [-0.15, -0.1) is 0 Å². The number of aromatic amines is 1. The van der Waals surface area contributed by atoms with Crippen molar-refractivity contribution in [2.75, 3.05) is 0 Å². The Hall–Kier alpha value is -2.66. The van der Waals surface area contributed by atoms with Crippen LogP contribution in [0.3, 0.4) is 0 Å². The van der Waals surface area contributed by atoms with Crippen molar-refractivity contribution in [3.05, 3.63) is 64.6 Å². The van der Waals surface area contributed by atoms with Crippen LogP contribution in [0.1, 0.15) is 23.0 Å². The molecule has 0 fully saturated rings. The molecular weight excluding hydrogens is 321 g/mol. The number of halogens is 2. The van der Waals surface area contributed by atoms with Crippen molar-refractivity contribution in [2.45, 2.75) is 6.92 Å². The van der Waals surface area contributed by atoms with Gasteiger partial charge in [0.2, 0.25) is 5.78 Å². The minimum Gasteiger partial charge on any atom is -0.424 e. The molecule has 6 heteroatoms. The summed E-state index contributed by atoms with van der Waals surface area (Å²) in [5.41, 5.74) is 0.771. The van der Waals surface area contributed by atoms with Gasteiger partial charge in [-0.2, -0.15) is 0 Å². The lowest BCUT2D eigenvalue weighted by atomic mass is 10.1. The zero-order chi connectivity index (χ0) is 16.6. The summed E-state index contributed by atoms with van der Waals surface area (Å²) in [7, 11) is 0. The van der Waals surface area contributed by atoms with E-state index in [0.29, 0.717) is 15.9 Å². The highest BCUT2D eigenvalue weighted by Crippen LogP contribution is 2.33. The summed E-state index contributed by atoms with van der Waals surface area (Å²) < 4.78 is 18.5. The van der Waals surface area contributed by atoms with Gasteiger partial charge in [0, 0.05) is 22.9 Å². The van der Waals surface area contributed by atoms with Crippen LogP contribution in [0.4, 0.5) is 4.39 Å². The molecule has 1 aromatic heterocycles. The molecule has 0 saturated heterocycles. The molecule has 4 nitrogen and oxygen atoms in total. The molecular formula is C17H11ClFNO3. The summed E-state index contributed by atoms with van der Waals surface area (Å²) in [4.78, 5) is 26.9. The van der Waals surface area contributed by atoms with Crippen molar-refractivity contribution < 1.29 is 18.7 Å². The fourth-order valence-electron chi connectivity index (χ4n) is 2.33. The van der Waals surface area contributed by atoms with Crippen molar-refractivity contribution in [2.24, 2.45) is 0 Å². The van der Waals surface area contributed by atoms with Crippen LogP contribution < -0.4 is 4.74 Å². The van der Waals surface area contributed by atoms with E-state index in [2.05, 4.69) is 4.98 Å². The molecule has 3 rings (SSSR count). The highest BCUT2D eigenvalue weighted by atomic mass is 35.5. The Kier molecular flexibility index (Phi) is 3.88. The Balaban J connectivity index is 2.19. The number of benzene rings is 2. The summed E-state index contributed by atoms with van der Waals surface area (Å²) in [6, 6.07) is 10.2. The largest absolute Gasteiger partial charge is 0.424 e. The maximum Gasteiger partial charge on any atom is 0.308 e. The Labute approximate surface area is 135 Å². The monoisotopic (exact) mass is 331 g/mol. The van der Waals surface area contributed by atoms with Crippen molar-refractivity contribution in [1.82, 2.24) is 4.98 Å². The van der Waals surface area contributed by atoms with E-state index < -0.39 is 17.6 Å². The average molecular weight is 332 g/mol. The SMILES string of the molecule is CC(=O)Oc1c(C(=O)c2cccc(F)c2)[nH]c2cc(Cl)ccc12. The van der Waals surface area contributed by atoms with E-state index in [1.54, 1.807) is 18.2 Å². The van der Waals surface area contributed by atoms with E-state index in [1.807, 2.05) is 0 Å². The zero-order valence-electron chi connectivity index (χ0n) is 12.0. The standard InChI is InChI=1S/C17H11ClFNO3/c1-9(21)23-17-13-6-5-11(18)8-14(13)20-15(17)16(22)10-3-2-4-12(19)7-10/h2-8,20H,1H3. The van der Waals surface area contributed by atoms with Crippen LogP contribution >= 0.6 is 11.6 Å². The van der Waals surface area contributed by atoms with Crippen LogP contribution in [0.25, 0.3) is 10.9 Å². The Morgan fingerprint density at radius 2 is 1.96 bits per heavy atom. The number of nitrogens with one attached hydrogen (secondary N) is 1. The number of esters is 1. The number of fused-ring (bicyclic) bond motifs is 1. The molecule has 0 spiro atoms. The van der Waals surface area contributed by atoms with Crippen LogP contribution in [0.2, 0.25) is 5.02 Å². The lowest BCUT2D eigenvalue weighted by Crippen LogP contribution is -2.08. The first-order chi connectivity index (χ1) is 11.0. The van der Waals surface area contributed by atoms with Crippen LogP contribution in [-0.4, -0.2) is 16.7 Å². The molecule has 116 valence electrons. The molecule has 23 heavy (non-hydrogen) atoms. The number of carbonyl (C=O) groups is 2. The maximum absolute atomic E-state index is 13.3. The van der Waals surface area contributed by atoms with Crippen molar-refractivity contribution in [1.29, 1.82) is 0 Å². The topological polar surface area (TPSA) is 59.2 Å².